The maximum atomic E-state index is 2.65. The summed E-state index contributed by atoms with van der Waals surface area (Å²) in [4.78, 5) is 4.79. The second-order valence-corrected chi connectivity index (χ2v) is 18.7. The van der Waals surface area contributed by atoms with Crippen molar-refractivity contribution in [1.82, 2.24) is 4.40 Å². The van der Waals surface area contributed by atoms with Crippen molar-refractivity contribution in [2.45, 2.75) is 26.2 Å². The second kappa shape index (κ2) is 15.1. The molecule has 13 rings (SSSR count). The average molecular weight is 858 g/mol. The first-order valence-corrected chi connectivity index (χ1v) is 23.3. The van der Waals surface area contributed by atoms with E-state index in [1.165, 1.54) is 88.2 Å². The van der Waals surface area contributed by atoms with Gasteiger partial charge in [0.1, 0.15) is 0 Å². The van der Waals surface area contributed by atoms with E-state index >= 15 is 0 Å². The Hall–Kier alpha value is -8.40. The van der Waals surface area contributed by atoms with Crippen LogP contribution in [0.2, 0.25) is 0 Å². The van der Waals surface area contributed by atoms with Crippen LogP contribution in [-0.2, 0) is 5.41 Å². The molecule has 1 aliphatic rings. The van der Waals surface area contributed by atoms with E-state index in [1.54, 1.807) is 0 Å². The highest BCUT2D eigenvalue weighted by Crippen LogP contribution is 2.57. The number of para-hydroxylation sites is 2. The zero-order valence-electron chi connectivity index (χ0n) is 37.8. The van der Waals surface area contributed by atoms with Gasteiger partial charge in [0.25, 0.3) is 0 Å². The molecule has 0 aliphatic heterocycles. The van der Waals surface area contributed by atoms with Gasteiger partial charge in [-0.3, -0.25) is 0 Å². The molecule has 2 aromatic heterocycles. The molecule has 3 nitrogen and oxygen atoms in total. The Kier molecular flexibility index (Phi) is 8.78. The van der Waals surface area contributed by atoms with Gasteiger partial charge in [0.15, 0.2) is 0 Å². The molecule has 0 unspecified atom stereocenters. The van der Waals surface area contributed by atoms with E-state index < -0.39 is 0 Å². The SMILES string of the molecule is Cc1cc2c3c(n4c2c(c1)c1ccc2ccc(N(c5ccccc5)c5ccc(-c6ccccc6)cc5)cc2c14)C(C)(C)c1cc(N(c2ccccc2)c2ccc(-c4ccccc4)cc2)ccc1-3. The van der Waals surface area contributed by atoms with Gasteiger partial charge in [-0.15, -0.1) is 0 Å². The van der Waals surface area contributed by atoms with Crippen LogP contribution in [0.25, 0.3) is 71.3 Å². The standard InChI is InChI=1S/C64H47N3/c1-42-38-57-54-36-29-47-28-34-52(65(48-20-12-6-13-21-48)50-30-24-45(25-31-50)43-16-8-4-9-17-43)40-56(47)61(54)67-62(57)58(39-42)60-55-37-35-53(41-59(55)64(2,3)63(60)67)66(49-22-14-7-15-23-49)51-32-26-46(27-33-51)44-18-10-5-11-19-44/h4-41H,1-3H3. The number of hydrogen-bond acceptors (Lipinski definition) is 2. The Morgan fingerprint density at radius 3 is 1.36 bits per heavy atom. The smallest absolute Gasteiger partial charge is 0.0618 e. The quantitative estimate of drug-likeness (QED) is 0.151. The third-order valence-corrected chi connectivity index (χ3v) is 14.2. The number of nitrogens with zero attached hydrogens (tertiary/aromatic N) is 3. The molecule has 10 aromatic carbocycles. The van der Waals surface area contributed by atoms with Crippen LogP contribution in [0.5, 0.6) is 0 Å². The van der Waals surface area contributed by atoms with Gasteiger partial charge in [0, 0.05) is 72.3 Å². The molecule has 0 atom stereocenters. The summed E-state index contributed by atoms with van der Waals surface area (Å²) in [5.74, 6) is 0. The van der Waals surface area contributed by atoms with E-state index in [4.69, 9.17) is 0 Å². The van der Waals surface area contributed by atoms with Crippen molar-refractivity contribution in [1.29, 1.82) is 0 Å². The lowest BCUT2D eigenvalue weighted by Crippen LogP contribution is -2.19. The fourth-order valence-corrected chi connectivity index (χ4v) is 11.2. The van der Waals surface area contributed by atoms with Gasteiger partial charge in [-0.05, 0) is 136 Å². The number of aromatic nitrogens is 1. The maximum Gasteiger partial charge on any atom is 0.0618 e. The normalized spacial score (nSPS) is 12.8. The van der Waals surface area contributed by atoms with Crippen molar-refractivity contribution in [3.8, 4) is 33.4 Å². The molecule has 12 aromatic rings. The first kappa shape index (κ1) is 39.0. The van der Waals surface area contributed by atoms with E-state index in [0.29, 0.717) is 0 Å². The van der Waals surface area contributed by atoms with Gasteiger partial charge < -0.3 is 14.2 Å². The lowest BCUT2D eigenvalue weighted by atomic mass is 9.85. The topological polar surface area (TPSA) is 10.9 Å². The molecular weight excluding hydrogens is 811 g/mol. The number of benzene rings is 10. The lowest BCUT2D eigenvalue weighted by Gasteiger charge is -2.28. The summed E-state index contributed by atoms with van der Waals surface area (Å²) >= 11 is 0. The maximum absolute atomic E-state index is 2.65. The highest BCUT2D eigenvalue weighted by Gasteiger charge is 2.42. The average Bonchev–Trinajstić information content (AvgIpc) is 3.97. The van der Waals surface area contributed by atoms with Gasteiger partial charge in [0.2, 0.25) is 0 Å². The molecule has 0 radical (unpaired) electrons. The van der Waals surface area contributed by atoms with Crippen LogP contribution in [0.4, 0.5) is 34.1 Å². The van der Waals surface area contributed by atoms with Gasteiger partial charge in [0.05, 0.1) is 11.0 Å². The number of anilines is 6. The van der Waals surface area contributed by atoms with Crippen molar-refractivity contribution < 1.29 is 0 Å². The third kappa shape index (κ3) is 6.12. The number of aryl methyl sites for hydroxylation is 1. The predicted molar refractivity (Wildman–Crippen MR) is 284 cm³/mol. The molecule has 67 heavy (non-hydrogen) atoms. The Morgan fingerprint density at radius 2 is 0.791 bits per heavy atom. The molecule has 0 amide bonds. The lowest BCUT2D eigenvalue weighted by molar-refractivity contribution is 0.634. The minimum Gasteiger partial charge on any atom is -0.310 e. The van der Waals surface area contributed by atoms with Crippen molar-refractivity contribution in [3.63, 3.8) is 0 Å². The molecule has 0 saturated carbocycles. The van der Waals surface area contributed by atoms with Crippen LogP contribution >= 0.6 is 0 Å². The van der Waals surface area contributed by atoms with Crippen LogP contribution in [0.15, 0.2) is 231 Å². The Morgan fingerprint density at radius 1 is 0.358 bits per heavy atom. The molecule has 3 heteroatoms. The van der Waals surface area contributed by atoms with Gasteiger partial charge >= 0.3 is 0 Å². The fraction of sp³-hybridized carbons (Fsp3) is 0.0625. The third-order valence-electron chi connectivity index (χ3n) is 14.2. The summed E-state index contributed by atoms with van der Waals surface area (Å²) in [6.45, 7) is 7.12. The summed E-state index contributed by atoms with van der Waals surface area (Å²) in [6.07, 6.45) is 0. The number of fused-ring (bicyclic) bond motifs is 10. The van der Waals surface area contributed by atoms with E-state index in [1.807, 2.05) is 0 Å². The Balaban J connectivity index is 0.991. The van der Waals surface area contributed by atoms with E-state index in [0.717, 1.165) is 34.1 Å². The molecule has 2 heterocycles. The minimum atomic E-state index is -0.317. The van der Waals surface area contributed by atoms with Gasteiger partial charge in [-0.2, -0.15) is 0 Å². The highest BCUT2D eigenvalue weighted by molar-refractivity contribution is 6.25. The van der Waals surface area contributed by atoms with E-state index in [-0.39, 0.29) is 5.41 Å². The van der Waals surface area contributed by atoms with Crippen molar-refractivity contribution in [2.24, 2.45) is 0 Å². The Bertz CT molecular complexity index is 3800. The molecular formula is C64H47N3. The van der Waals surface area contributed by atoms with Crippen molar-refractivity contribution in [3.05, 3.63) is 247 Å². The zero-order chi connectivity index (χ0) is 44.8. The van der Waals surface area contributed by atoms with Crippen LogP contribution in [0, 0.1) is 6.92 Å². The second-order valence-electron chi connectivity index (χ2n) is 18.7. The zero-order valence-corrected chi connectivity index (χ0v) is 37.8. The number of rotatable bonds is 8. The monoisotopic (exact) mass is 857 g/mol. The Labute approximate surface area is 391 Å². The van der Waals surface area contributed by atoms with Crippen LogP contribution in [0.3, 0.4) is 0 Å². The summed E-state index contributed by atoms with van der Waals surface area (Å²) in [7, 11) is 0. The van der Waals surface area contributed by atoms with Crippen LogP contribution < -0.4 is 9.80 Å². The molecule has 1 aliphatic carbocycles. The van der Waals surface area contributed by atoms with Crippen LogP contribution in [0.1, 0.15) is 30.7 Å². The molecule has 0 bridgehead atoms. The van der Waals surface area contributed by atoms with Crippen LogP contribution in [-0.4, -0.2) is 4.40 Å². The summed E-state index contributed by atoms with van der Waals surface area (Å²) in [6, 6.07) is 84.5. The summed E-state index contributed by atoms with van der Waals surface area (Å²) in [5, 5.41) is 6.39. The van der Waals surface area contributed by atoms with E-state index in [9.17, 15) is 0 Å². The number of hydrogen-bond donors (Lipinski definition) is 0. The van der Waals surface area contributed by atoms with Crippen molar-refractivity contribution >= 4 is 72.1 Å². The largest absolute Gasteiger partial charge is 0.310 e. The summed E-state index contributed by atoms with van der Waals surface area (Å²) in [5.41, 5.74) is 20.5. The predicted octanol–water partition coefficient (Wildman–Crippen LogP) is 17.7. The molecule has 0 N–H and O–H groups in total. The van der Waals surface area contributed by atoms with Gasteiger partial charge in [-0.1, -0.05) is 159 Å². The molecule has 0 saturated heterocycles. The molecule has 318 valence electrons. The highest BCUT2D eigenvalue weighted by atomic mass is 15.1. The first-order chi connectivity index (χ1) is 32.9. The van der Waals surface area contributed by atoms with Crippen molar-refractivity contribution in [2.75, 3.05) is 9.80 Å². The molecule has 0 fully saturated rings. The minimum absolute atomic E-state index is 0.317. The van der Waals surface area contributed by atoms with E-state index in [2.05, 4.69) is 265 Å². The summed E-state index contributed by atoms with van der Waals surface area (Å²) < 4.78 is 2.65. The van der Waals surface area contributed by atoms with Gasteiger partial charge in [-0.25, -0.2) is 0 Å². The fourth-order valence-electron chi connectivity index (χ4n) is 11.2. The first-order valence-electron chi connectivity index (χ1n) is 23.3. The molecule has 0 spiro atoms.